The van der Waals surface area contributed by atoms with Crippen molar-refractivity contribution < 1.29 is 39.9 Å². The van der Waals surface area contributed by atoms with E-state index in [0.717, 1.165) is 30.3 Å². The second-order valence-corrected chi connectivity index (χ2v) is 6.21. The molecule has 7 nitrogen and oxygen atoms in total. The van der Waals surface area contributed by atoms with E-state index in [1.165, 1.54) is 24.5 Å². The summed E-state index contributed by atoms with van der Waals surface area (Å²) in [5, 5.41) is 20.2. The van der Waals surface area contributed by atoms with Gasteiger partial charge in [-0.3, -0.25) is 21.1 Å². The molecule has 15 heteroatoms. The molecule has 2 aromatic rings. The third-order valence-corrected chi connectivity index (χ3v) is 3.73. The van der Waals surface area contributed by atoms with E-state index in [-0.39, 0.29) is 28.9 Å². The standard InChI is InChI=1S/C11H9F4N3.C9H5F4N3O/c1-2-10(11(13,14)15)18-17-8-3-4-9(12)7(5-8)6-16;10-7-2-1-6(3-5(7)4-14)15-16-8(17)9(11,12)13/h3-5,17H,2H2,1H3;1-3,15H,(H,16,17)/b18-10+;. The highest BCUT2D eigenvalue weighted by molar-refractivity contribution is 5.90. The first-order valence-corrected chi connectivity index (χ1v) is 9.15. The van der Waals surface area contributed by atoms with Crippen molar-refractivity contribution in [3.8, 4) is 12.1 Å². The molecule has 0 fully saturated rings. The van der Waals surface area contributed by atoms with E-state index < -0.39 is 35.6 Å². The highest BCUT2D eigenvalue weighted by Gasteiger charge is 2.38. The van der Waals surface area contributed by atoms with Gasteiger partial charge in [0.2, 0.25) is 0 Å². The quantitative estimate of drug-likeness (QED) is 0.295. The molecule has 0 radical (unpaired) electrons. The van der Waals surface area contributed by atoms with Gasteiger partial charge in [-0.15, -0.1) is 0 Å². The van der Waals surface area contributed by atoms with Crippen LogP contribution in [-0.2, 0) is 4.79 Å². The van der Waals surface area contributed by atoms with Crippen molar-refractivity contribution in [2.24, 2.45) is 5.10 Å². The van der Waals surface area contributed by atoms with Crippen LogP contribution in [0.5, 0.6) is 0 Å². The van der Waals surface area contributed by atoms with Crippen molar-refractivity contribution in [2.45, 2.75) is 25.7 Å². The SMILES string of the molecule is CC/C(=N\Nc1ccc(F)c(C#N)c1)C(F)(F)F.N#Cc1cc(NNC(=O)C(F)(F)F)ccc1F. The number of carbonyl (C=O) groups is 1. The number of hydrazine groups is 1. The third kappa shape index (κ3) is 9.17. The van der Waals surface area contributed by atoms with Crippen LogP contribution in [0.25, 0.3) is 0 Å². The molecule has 0 saturated carbocycles. The van der Waals surface area contributed by atoms with E-state index in [4.69, 9.17) is 10.5 Å². The van der Waals surface area contributed by atoms with Gasteiger partial charge in [-0.25, -0.2) is 8.78 Å². The lowest BCUT2D eigenvalue weighted by molar-refractivity contribution is -0.173. The number of halogens is 8. The average Bonchev–Trinajstić information content (AvgIpc) is 2.78. The predicted octanol–water partition coefficient (Wildman–Crippen LogP) is 5.14. The monoisotopic (exact) mass is 506 g/mol. The summed E-state index contributed by atoms with van der Waals surface area (Å²) in [6.45, 7) is 1.32. The molecule has 0 atom stereocenters. The molecule has 2 rings (SSSR count). The number of hydrogen-bond donors (Lipinski definition) is 3. The number of amides is 1. The molecule has 0 bridgehead atoms. The minimum Gasteiger partial charge on any atom is -0.298 e. The van der Waals surface area contributed by atoms with Crippen LogP contribution in [0.4, 0.5) is 46.5 Å². The lowest BCUT2D eigenvalue weighted by atomic mass is 10.2. The topological polar surface area (TPSA) is 113 Å². The van der Waals surface area contributed by atoms with Gasteiger partial charge >= 0.3 is 18.3 Å². The van der Waals surface area contributed by atoms with Crippen molar-refractivity contribution in [1.29, 1.82) is 10.5 Å². The van der Waals surface area contributed by atoms with E-state index in [2.05, 4.69) is 10.5 Å². The Hall–Kier alpha value is -4.40. The molecular weight excluding hydrogens is 492 g/mol. The third-order valence-electron chi connectivity index (χ3n) is 3.73. The Labute approximate surface area is 192 Å². The summed E-state index contributed by atoms with van der Waals surface area (Å²) in [4.78, 5) is 10.4. The van der Waals surface area contributed by atoms with E-state index in [0.29, 0.717) is 0 Å². The van der Waals surface area contributed by atoms with Crippen LogP contribution < -0.4 is 16.3 Å². The minimum atomic E-state index is -5.02. The number of benzene rings is 2. The van der Waals surface area contributed by atoms with Crippen LogP contribution in [0, 0.1) is 34.3 Å². The number of alkyl halides is 6. The highest BCUT2D eigenvalue weighted by atomic mass is 19.4. The van der Waals surface area contributed by atoms with Crippen molar-refractivity contribution in [1.82, 2.24) is 5.43 Å². The first kappa shape index (κ1) is 28.6. The van der Waals surface area contributed by atoms with Gasteiger partial charge in [0.1, 0.15) is 29.5 Å². The fraction of sp³-hybridized carbons (Fsp3) is 0.200. The zero-order valence-corrected chi connectivity index (χ0v) is 17.4. The molecule has 3 N–H and O–H groups in total. The number of carbonyl (C=O) groups excluding carboxylic acids is 1. The molecule has 0 aliphatic heterocycles. The molecule has 0 saturated heterocycles. The Morgan fingerprint density at radius 1 is 0.886 bits per heavy atom. The number of nitriles is 2. The Bertz CT molecular complexity index is 1160. The lowest BCUT2D eigenvalue weighted by Crippen LogP contribution is -2.40. The summed E-state index contributed by atoms with van der Waals surface area (Å²) >= 11 is 0. The summed E-state index contributed by atoms with van der Waals surface area (Å²) in [5.41, 5.74) is 3.91. The van der Waals surface area contributed by atoms with E-state index in [9.17, 15) is 39.9 Å². The molecule has 0 aliphatic rings. The largest absolute Gasteiger partial charge is 0.472 e. The zero-order valence-electron chi connectivity index (χ0n) is 17.4. The van der Waals surface area contributed by atoms with Gasteiger partial charge in [-0.2, -0.15) is 42.0 Å². The average molecular weight is 506 g/mol. The smallest absolute Gasteiger partial charge is 0.298 e. The maximum absolute atomic E-state index is 13.0. The fourth-order valence-electron chi connectivity index (χ4n) is 2.04. The molecule has 0 heterocycles. The molecule has 0 aromatic heterocycles. The van der Waals surface area contributed by atoms with Gasteiger partial charge in [0.05, 0.1) is 22.5 Å². The Kier molecular flexibility index (Phi) is 9.96. The first-order valence-electron chi connectivity index (χ1n) is 9.15. The fourth-order valence-corrected chi connectivity index (χ4v) is 2.04. The van der Waals surface area contributed by atoms with Crippen LogP contribution in [0.15, 0.2) is 41.5 Å². The van der Waals surface area contributed by atoms with Gasteiger partial charge in [-0.05, 0) is 42.8 Å². The Morgan fingerprint density at radius 3 is 1.80 bits per heavy atom. The molecule has 35 heavy (non-hydrogen) atoms. The molecule has 0 aliphatic carbocycles. The van der Waals surface area contributed by atoms with E-state index in [1.54, 1.807) is 6.07 Å². The van der Waals surface area contributed by atoms with Crippen LogP contribution in [0.1, 0.15) is 24.5 Å². The Morgan fingerprint density at radius 2 is 1.37 bits per heavy atom. The summed E-state index contributed by atoms with van der Waals surface area (Å²) in [7, 11) is 0. The normalized spacial score (nSPS) is 11.3. The number of nitrogens with zero attached hydrogens (tertiary/aromatic N) is 3. The van der Waals surface area contributed by atoms with Crippen LogP contribution in [-0.4, -0.2) is 24.0 Å². The van der Waals surface area contributed by atoms with Crippen molar-refractivity contribution in [3.05, 3.63) is 59.2 Å². The van der Waals surface area contributed by atoms with Crippen molar-refractivity contribution >= 4 is 23.0 Å². The van der Waals surface area contributed by atoms with Gasteiger partial charge in [0.15, 0.2) is 0 Å². The molecule has 0 spiro atoms. The van der Waals surface area contributed by atoms with E-state index >= 15 is 0 Å². The first-order chi connectivity index (χ1) is 16.2. The highest BCUT2D eigenvalue weighted by Crippen LogP contribution is 2.20. The summed E-state index contributed by atoms with van der Waals surface area (Å²) in [5.74, 6) is -3.74. The van der Waals surface area contributed by atoms with Crippen LogP contribution >= 0.6 is 0 Å². The van der Waals surface area contributed by atoms with Gasteiger partial charge in [0.25, 0.3) is 0 Å². The molecule has 186 valence electrons. The van der Waals surface area contributed by atoms with E-state index in [1.807, 2.05) is 5.43 Å². The number of nitrogens with one attached hydrogen (secondary N) is 3. The van der Waals surface area contributed by atoms with Crippen LogP contribution in [0.3, 0.4) is 0 Å². The minimum absolute atomic E-state index is 0.0412. The number of hydrogen-bond acceptors (Lipinski definition) is 6. The molecule has 0 unspecified atom stereocenters. The second-order valence-electron chi connectivity index (χ2n) is 6.21. The van der Waals surface area contributed by atoms with Crippen molar-refractivity contribution in [2.75, 3.05) is 10.9 Å². The molecular formula is C20H14F8N6O. The number of rotatable bonds is 5. The Balaban J connectivity index is 0.000000351. The summed E-state index contributed by atoms with van der Waals surface area (Å²) < 4.78 is 98.2. The summed E-state index contributed by atoms with van der Waals surface area (Å²) in [6, 6.07) is 9.28. The van der Waals surface area contributed by atoms with Gasteiger partial charge in [0, 0.05) is 0 Å². The predicted molar refractivity (Wildman–Crippen MR) is 107 cm³/mol. The summed E-state index contributed by atoms with van der Waals surface area (Å²) in [6.07, 6.45) is -9.83. The number of anilines is 2. The van der Waals surface area contributed by atoms with Crippen LogP contribution in [0.2, 0.25) is 0 Å². The maximum Gasteiger partial charge on any atom is 0.472 e. The number of hydrazone groups is 1. The van der Waals surface area contributed by atoms with Gasteiger partial charge in [-0.1, -0.05) is 6.92 Å². The zero-order chi connectivity index (χ0) is 26.8. The van der Waals surface area contributed by atoms with Gasteiger partial charge < -0.3 is 0 Å². The second kappa shape index (κ2) is 12.2. The lowest BCUT2D eigenvalue weighted by Gasteiger charge is -2.10. The van der Waals surface area contributed by atoms with Crippen molar-refractivity contribution in [3.63, 3.8) is 0 Å². The molecule has 2 aromatic carbocycles. The molecule has 1 amide bonds. The maximum atomic E-state index is 13.0.